The van der Waals surface area contributed by atoms with Gasteiger partial charge in [0, 0.05) is 25.1 Å². The van der Waals surface area contributed by atoms with Crippen LogP contribution in [-0.2, 0) is 25.4 Å². The molecule has 2 aromatic carbocycles. The lowest BCUT2D eigenvalue weighted by atomic mass is 10.1. The fourth-order valence-electron chi connectivity index (χ4n) is 4.35. The molecular formula is C28H31F2N3O5. The van der Waals surface area contributed by atoms with Crippen molar-refractivity contribution in [2.45, 2.75) is 51.0 Å². The maximum Gasteiger partial charge on any atom is 0.412 e. The number of benzene rings is 2. The first-order valence-corrected chi connectivity index (χ1v) is 12.4. The van der Waals surface area contributed by atoms with Gasteiger partial charge >= 0.3 is 6.09 Å². The highest BCUT2D eigenvalue weighted by Crippen LogP contribution is 2.26. The Morgan fingerprint density at radius 1 is 1.18 bits per heavy atom. The lowest BCUT2D eigenvalue weighted by molar-refractivity contribution is -0.143. The van der Waals surface area contributed by atoms with Crippen LogP contribution in [-0.4, -0.2) is 60.1 Å². The predicted molar refractivity (Wildman–Crippen MR) is 137 cm³/mol. The fraction of sp³-hybridized carbons (Fsp3) is 0.393. The minimum absolute atomic E-state index is 0.0323. The second-order valence-electron chi connectivity index (χ2n) is 9.70. The number of aryl methyl sites for hydroxylation is 1. The topological polar surface area (TPSA) is 90.0 Å². The van der Waals surface area contributed by atoms with Gasteiger partial charge in [0.15, 0.2) is 17.4 Å². The lowest BCUT2D eigenvalue weighted by Gasteiger charge is -2.30. The molecule has 1 aromatic heterocycles. The van der Waals surface area contributed by atoms with Gasteiger partial charge in [0.25, 0.3) is 0 Å². The van der Waals surface area contributed by atoms with Gasteiger partial charge in [-0.2, -0.15) is 0 Å². The molecular weight excluding hydrogens is 496 g/mol. The van der Waals surface area contributed by atoms with E-state index >= 15 is 0 Å². The summed E-state index contributed by atoms with van der Waals surface area (Å²) in [6.45, 7) is 3.80. The molecule has 1 fully saturated rings. The van der Waals surface area contributed by atoms with Crippen molar-refractivity contribution in [3.63, 3.8) is 0 Å². The maximum absolute atomic E-state index is 14.0. The molecule has 1 N–H and O–H groups in total. The number of carbonyl (C=O) groups is 2. The molecule has 38 heavy (non-hydrogen) atoms. The molecule has 8 nitrogen and oxygen atoms in total. The Morgan fingerprint density at radius 3 is 2.68 bits per heavy atom. The molecule has 2 atom stereocenters. The van der Waals surface area contributed by atoms with E-state index in [0.717, 1.165) is 16.8 Å². The molecule has 2 amide bonds. The summed E-state index contributed by atoms with van der Waals surface area (Å²) in [7, 11) is 1.59. The number of aromatic nitrogens is 1. The van der Waals surface area contributed by atoms with E-state index in [-0.39, 0.29) is 37.0 Å². The standard InChI is InChI=1S/C28H31F2N3O5/c1-28(2)37-17-22(38-28)14-21(33(3)25(34)12-11-18-9-6-10-23(29)26(18)30)16-36-27(35)32-24-13-19-7-4-5-8-20(19)15-31-24/h4-10,13,15,21-22H,11-12,14,16-17H2,1-3H3,(H,31,32,35)/t21-,22+/m0/s1. The normalized spacial score (nSPS) is 17.2. The zero-order chi connectivity index (χ0) is 27.3. The summed E-state index contributed by atoms with van der Waals surface area (Å²) in [5, 5.41) is 4.46. The van der Waals surface area contributed by atoms with Crippen LogP contribution in [0.3, 0.4) is 0 Å². The minimum atomic E-state index is -0.958. The van der Waals surface area contributed by atoms with Gasteiger partial charge in [-0.3, -0.25) is 10.1 Å². The number of nitrogens with zero attached hydrogens (tertiary/aromatic N) is 2. The summed E-state index contributed by atoms with van der Waals surface area (Å²) in [5.41, 5.74) is 0.121. The average molecular weight is 528 g/mol. The second-order valence-corrected chi connectivity index (χ2v) is 9.70. The van der Waals surface area contributed by atoms with Crippen LogP contribution in [0.5, 0.6) is 0 Å². The number of fused-ring (bicyclic) bond motifs is 1. The van der Waals surface area contributed by atoms with Crippen LogP contribution < -0.4 is 5.32 Å². The quantitative estimate of drug-likeness (QED) is 0.418. The Bertz CT molecular complexity index is 1300. The Hall–Kier alpha value is -3.63. The number of ether oxygens (including phenoxy) is 3. The second kappa shape index (κ2) is 11.8. The molecule has 0 unspecified atom stereocenters. The molecule has 0 radical (unpaired) electrons. The lowest BCUT2D eigenvalue weighted by Crippen LogP contribution is -2.43. The van der Waals surface area contributed by atoms with Crippen LogP contribution in [0.2, 0.25) is 0 Å². The summed E-state index contributed by atoms with van der Waals surface area (Å²) in [6.07, 6.45) is 0.949. The number of anilines is 1. The Balaban J connectivity index is 1.39. The van der Waals surface area contributed by atoms with Gasteiger partial charge in [0.05, 0.1) is 18.8 Å². The largest absolute Gasteiger partial charge is 0.447 e. The predicted octanol–water partition coefficient (Wildman–Crippen LogP) is 5.06. The van der Waals surface area contributed by atoms with Gasteiger partial charge in [-0.1, -0.05) is 36.4 Å². The first-order valence-electron chi connectivity index (χ1n) is 12.4. The Kier molecular flexibility index (Phi) is 8.53. The molecule has 1 aliphatic heterocycles. The van der Waals surface area contributed by atoms with E-state index in [2.05, 4.69) is 10.3 Å². The number of carbonyl (C=O) groups excluding carboxylic acids is 2. The summed E-state index contributed by atoms with van der Waals surface area (Å²) in [6, 6.07) is 12.7. The molecule has 1 saturated heterocycles. The monoisotopic (exact) mass is 527 g/mol. The highest BCUT2D eigenvalue weighted by Gasteiger charge is 2.36. The van der Waals surface area contributed by atoms with Crippen molar-refractivity contribution in [2.75, 3.05) is 25.6 Å². The van der Waals surface area contributed by atoms with Crippen LogP contribution >= 0.6 is 0 Å². The average Bonchev–Trinajstić information content (AvgIpc) is 3.24. The number of rotatable bonds is 9. The van der Waals surface area contributed by atoms with E-state index in [1.54, 1.807) is 33.2 Å². The van der Waals surface area contributed by atoms with Crippen molar-refractivity contribution in [1.29, 1.82) is 0 Å². The molecule has 0 spiro atoms. The van der Waals surface area contributed by atoms with E-state index < -0.39 is 29.6 Å². The van der Waals surface area contributed by atoms with Crippen molar-refractivity contribution in [3.05, 3.63) is 71.9 Å². The molecule has 2 heterocycles. The fourth-order valence-corrected chi connectivity index (χ4v) is 4.35. The molecule has 10 heteroatoms. The minimum Gasteiger partial charge on any atom is -0.447 e. The Labute approximate surface area is 219 Å². The zero-order valence-electron chi connectivity index (χ0n) is 21.6. The third-order valence-electron chi connectivity index (χ3n) is 6.45. The molecule has 0 saturated carbocycles. The smallest absolute Gasteiger partial charge is 0.412 e. The number of amides is 2. The third-order valence-corrected chi connectivity index (χ3v) is 6.45. The third kappa shape index (κ3) is 7.02. The van der Waals surface area contributed by atoms with Crippen molar-refractivity contribution in [3.8, 4) is 0 Å². The van der Waals surface area contributed by atoms with E-state index in [0.29, 0.717) is 18.8 Å². The van der Waals surface area contributed by atoms with Crippen molar-refractivity contribution < 1.29 is 32.6 Å². The number of pyridine rings is 1. The highest BCUT2D eigenvalue weighted by molar-refractivity contribution is 5.89. The highest BCUT2D eigenvalue weighted by atomic mass is 19.2. The number of nitrogens with one attached hydrogen (secondary N) is 1. The van der Waals surface area contributed by atoms with Gasteiger partial charge in [-0.05, 0) is 49.8 Å². The summed E-state index contributed by atoms with van der Waals surface area (Å²) < 4.78 is 44.6. The molecule has 0 aliphatic carbocycles. The molecule has 3 aromatic rings. The van der Waals surface area contributed by atoms with Gasteiger partial charge in [-0.25, -0.2) is 18.6 Å². The van der Waals surface area contributed by atoms with Crippen LogP contribution in [0.25, 0.3) is 10.8 Å². The molecule has 4 rings (SSSR count). The number of hydrogen-bond donors (Lipinski definition) is 1. The Morgan fingerprint density at radius 2 is 1.95 bits per heavy atom. The summed E-state index contributed by atoms with van der Waals surface area (Å²) >= 11 is 0. The van der Waals surface area contributed by atoms with Crippen LogP contribution in [0.1, 0.15) is 32.3 Å². The summed E-state index contributed by atoms with van der Waals surface area (Å²) in [4.78, 5) is 31.2. The molecule has 1 aliphatic rings. The number of halogens is 2. The number of likely N-dealkylation sites (N-methyl/N-ethyl adjacent to an activating group) is 1. The van der Waals surface area contributed by atoms with Crippen LogP contribution in [0.15, 0.2) is 54.7 Å². The van der Waals surface area contributed by atoms with Gasteiger partial charge in [-0.15, -0.1) is 0 Å². The van der Waals surface area contributed by atoms with Gasteiger partial charge in [0.1, 0.15) is 12.4 Å². The maximum atomic E-state index is 14.0. The van der Waals surface area contributed by atoms with E-state index in [1.165, 1.54) is 17.0 Å². The van der Waals surface area contributed by atoms with Crippen molar-refractivity contribution in [1.82, 2.24) is 9.88 Å². The van der Waals surface area contributed by atoms with Crippen LogP contribution in [0, 0.1) is 11.6 Å². The van der Waals surface area contributed by atoms with E-state index in [4.69, 9.17) is 14.2 Å². The van der Waals surface area contributed by atoms with Crippen molar-refractivity contribution in [2.24, 2.45) is 0 Å². The van der Waals surface area contributed by atoms with Gasteiger partial charge < -0.3 is 19.1 Å². The molecule has 202 valence electrons. The van der Waals surface area contributed by atoms with Gasteiger partial charge in [0.2, 0.25) is 5.91 Å². The van der Waals surface area contributed by atoms with Crippen molar-refractivity contribution >= 4 is 28.6 Å². The SMILES string of the molecule is CN(C(=O)CCc1cccc(F)c1F)[C@H](COC(=O)Nc1cc2ccccc2cn1)C[C@@H]1COC(C)(C)O1. The first kappa shape index (κ1) is 27.4. The van der Waals surface area contributed by atoms with E-state index in [1.807, 2.05) is 24.3 Å². The summed E-state index contributed by atoms with van der Waals surface area (Å²) in [5.74, 6) is -2.65. The zero-order valence-corrected chi connectivity index (χ0v) is 21.6. The number of hydrogen-bond acceptors (Lipinski definition) is 6. The van der Waals surface area contributed by atoms with Crippen LogP contribution in [0.4, 0.5) is 19.4 Å². The van der Waals surface area contributed by atoms with E-state index in [9.17, 15) is 18.4 Å². The molecule has 0 bridgehead atoms. The first-order chi connectivity index (χ1) is 18.1.